The minimum absolute atomic E-state index is 0.0716. The van der Waals surface area contributed by atoms with Crippen molar-refractivity contribution in [2.45, 2.75) is 25.4 Å². The second-order valence-electron chi connectivity index (χ2n) is 3.61. The fraction of sp³-hybridized carbons (Fsp3) is 0.800. The van der Waals surface area contributed by atoms with Gasteiger partial charge in [0.1, 0.15) is 0 Å². The van der Waals surface area contributed by atoms with Crippen LogP contribution in [-0.2, 0) is 14.3 Å². The number of amides is 1. The van der Waals surface area contributed by atoms with Crippen LogP contribution < -0.4 is 5.73 Å². The molecule has 16 heavy (non-hydrogen) atoms. The lowest BCUT2D eigenvalue weighted by Crippen LogP contribution is -2.34. The van der Waals surface area contributed by atoms with Crippen molar-refractivity contribution in [3.63, 3.8) is 0 Å². The molecule has 6 nitrogen and oxygen atoms in total. The highest BCUT2D eigenvalue weighted by molar-refractivity contribution is 5.76. The van der Waals surface area contributed by atoms with E-state index in [4.69, 9.17) is 15.6 Å². The van der Waals surface area contributed by atoms with E-state index in [0.717, 1.165) is 0 Å². The van der Waals surface area contributed by atoms with Crippen molar-refractivity contribution in [3.8, 4) is 0 Å². The van der Waals surface area contributed by atoms with Crippen LogP contribution in [0.15, 0.2) is 0 Å². The van der Waals surface area contributed by atoms with Crippen molar-refractivity contribution in [3.05, 3.63) is 0 Å². The van der Waals surface area contributed by atoms with Gasteiger partial charge in [-0.3, -0.25) is 9.59 Å². The van der Waals surface area contributed by atoms with E-state index in [9.17, 15) is 9.59 Å². The van der Waals surface area contributed by atoms with Crippen LogP contribution >= 0.6 is 0 Å². The summed E-state index contributed by atoms with van der Waals surface area (Å²) in [7, 11) is 3.16. The number of ether oxygens (including phenoxy) is 1. The summed E-state index contributed by atoms with van der Waals surface area (Å²) in [6, 6.07) is 0. The van der Waals surface area contributed by atoms with E-state index in [2.05, 4.69) is 0 Å². The molecule has 0 heterocycles. The van der Waals surface area contributed by atoms with Crippen LogP contribution in [0.1, 0.15) is 19.3 Å². The lowest BCUT2D eigenvalue weighted by molar-refractivity contribution is -0.138. The summed E-state index contributed by atoms with van der Waals surface area (Å²) in [5.74, 6) is -0.930. The molecule has 3 N–H and O–H groups in total. The molecule has 0 radical (unpaired) electrons. The second kappa shape index (κ2) is 8.06. The third kappa shape index (κ3) is 6.36. The van der Waals surface area contributed by atoms with Crippen LogP contribution in [-0.4, -0.2) is 55.2 Å². The summed E-state index contributed by atoms with van der Waals surface area (Å²) in [5, 5.41) is 8.45. The molecular weight excluding hydrogens is 212 g/mol. The normalized spacial score (nSPS) is 12.2. The van der Waals surface area contributed by atoms with Crippen LogP contribution in [0.4, 0.5) is 0 Å². The molecule has 1 amide bonds. The maximum atomic E-state index is 11.6. The van der Waals surface area contributed by atoms with Crippen molar-refractivity contribution in [2.24, 2.45) is 5.73 Å². The Balaban J connectivity index is 3.84. The van der Waals surface area contributed by atoms with Crippen molar-refractivity contribution in [1.29, 1.82) is 0 Å². The Labute approximate surface area is 95.4 Å². The molecule has 0 aromatic heterocycles. The lowest BCUT2D eigenvalue weighted by Gasteiger charge is -2.19. The summed E-state index contributed by atoms with van der Waals surface area (Å²) in [6.45, 7) is 0.733. The molecule has 0 fully saturated rings. The van der Waals surface area contributed by atoms with Crippen LogP contribution in [0.2, 0.25) is 0 Å². The Kier molecular flexibility index (Phi) is 7.49. The number of hydrogen-bond donors (Lipinski definition) is 2. The van der Waals surface area contributed by atoms with Gasteiger partial charge < -0.3 is 20.5 Å². The minimum atomic E-state index is -0.849. The van der Waals surface area contributed by atoms with Gasteiger partial charge in [-0.2, -0.15) is 0 Å². The number of rotatable bonds is 8. The monoisotopic (exact) mass is 232 g/mol. The maximum absolute atomic E-state index is 11.6. The van der Waals surface area contributed by atoms with Gasteiger partial charge in [0.2, 0.25) is 5.91 Å². The van der Waals surface area contributed by atoms with Crippen LogP contribution in [0.5, 0.6) is 0 Å². The van der Waals surface area contributed by atoms with Crippen molar-refractivity contribution < 1.29 is 19.4 Å². The molecule has 6 heteroatoms. The fourth-order valence-electron chi connectivity index (χ4n) is 1.21. The van der Waals surface area contributed by atoms with Gasteiger partial charge in [-0.25, -0.2) is 0 Å². The van der Waals surface area contributed by atoms with E-state index in [1.165, 1.54) is 12.0 Å². The van der Waals surface area contributed by atoms with E-state index >= 15 is 0 Å². The number of aliphatic carboxylic acids is 1. The van der Waals surface area contributed by atoms with E-state index in [0.29, 0.717) is 19.5 Å². The Morgan fingerprint density at radius 2 is 2.12 bits per heavy atom. The number of nitrogens with zero attached hydrogens (tertiary/aromatic N) is 1. The zero-order valence-corrected chi connectivity index (χ0v) is 9.81. The molecule has 0 bridgehead atoms. The van der Waals surface area contributed by atoms with E-state index < -0.39 is 5.97 Å². The van der Waals surface area contributed by atoms with Gasteiger partial charge in [-0.15, -0.1) is 0 Å². The Bertz CT molecular complexity index is 229. The largest absolute Gasteiger partial charge is 0.481 e. The zero-order valence-electron chi connectivity index (χ0n) is 9.81. The quantitative estimate of drug-likeness (QED) is 0.598. The number of carbonyl (C=O) groups is 2. The van der Waals surface area contributed by atoms with Crippen LogP contribution in [0.3, 0.4) is 0 Å². The van der Waals surface area contributed by atoms with Crippen molar-refractivity contribution >= 4 is 11.9 Å². The third-order valence-electron chi connectivity index (χ3n) is 2.31. The Hall–Kier alpha value is -1.14. The minimum Gasteiger partial charge on any atom is -0.481 e. The van der Waals surface area contributed by atoms with Crippen molar-refractivity contribution in [1.82, 2.24) is 4.90 Å². The summed E-state index contributed by atoms with van der Waals surface area (Å²) in [5.41, 5.74) is 5.40. The summed E-state index contributed by atoms with van der Waals surface area (Å²) < 4.78 is 5.00. The van der Waals surface area contributed by atoms with Gasteiger partial charge in [-0.05, 0) is 6.42 Å². The highest BCUT2D eigenvalue weighted by atomic mass is 16.5. The number of hydrogen-bond acceptors (Lipinski definition) is 4. The van der Waals surface area contributed by atoms with Gasteiger partial charge >= 0.3 is 5.97 Å². The standard InChI is InChI=1S/C10H20N2O4/c1-12(5-3-4-10(14)15)9(13)6-8(7-11)16-2/h8H,3-7,11H2,1-2H3,(H,14,15). The molecule has 1 unspecified atom stereocenters. The highest BCUT2D eigenvalue weighted by Gasteiger charge is 2.15. The van der Waals surface area contributed by atoms with Gasteiger partial charge in [0.05, 0.1) is 12.5 Å². The fourth-order valence-corrected chi connectivity index (χ4v) is 1.21. The van der Waals surface area contributed by atoms with Gasteiger partial charge in [0.15, 0.2) is 0 Å². The molecule has 0 spiro atoms. The van der Waals surface area contributed by atoms with Crippen molar-refractivity contribution in [2.75, 3.05) is 27.2 Å². The smallest absolute Gasteiger partial charge is 0.303 e. The predicted molar refractivity (Wildman–Crippen MR) is 59.0 cm³/mol. The van der Waals surface area contributed by atoms with Crippen LogP contribution in [0.25, 0.3) is 0 Å². The molecule has 0 aliphatic rings. The molecule has 0 saturated heterocycles. The van der Waals surface area contributed by atoms with Gasteiger partial charge in [0.25, 0.3) is 0 Å². The van der Waals surface area contributed by atoms with E-state index in [1.807, 2.05) is 0 Å². The predicted octanol–water partition coefficient (Wildman–Crippen LogP) is -0.327. The molecule has 0 rings (SSSR count). The maximum Gasteiger partial charge on any atom is 0.303 e. The highest BCUT2D eigenvalue weighted by Crippen LogP contribution is 2.01. The number of nitrogens with two attached hydrogens (primary N) is 1. The SMILES string of the molecule is COC(CN)CC(=O)N(C)CCCC(=O)O. The van der Waals surface area contributed by atoms with E-state index in [-0.39, 0.29) is 24.9 Å². The molecule has 1 atom stereocenters. The second-order valence-corrected chi connectivity index (χ2v) is 3.61. The molecule has 0 aliphatic carbocycles. The molecule has 0 aromatic carbocycles. The first kappa shape index (κ1) is 14.9. The Morgan fingerprint density at radius 3 is 2.56 bits per heavy atom. The third-order valence-corrected chi connectivity index (χ3v) is 2.31. The van der Waals surface area contributed by atoms with Gasteiger partial charge in [-0.1, -0.05) is 0 Å². The number of carboxylic acids is 1. The summed E-state index contributed by atoms with van der Waals surface area (Å²) in [4.78, 5) is 23.4. The molecular formula is C10H20N2O4. The average Bonchev–Trinajstić information content (AvgIpc) is 2.24. The molecule has 94 valence electrons. The molecule has 0 aromatic rings. The first-order valence-electron chi connectivity index (χ1n) is 5.19. The van der Waals surface area contributed by atoms with Gasteiger partial charge in [0, 0.05) is 33.7 Å². The Morgan fingerprint density at radius 1 is 1.50 bits per heavy atom. The zero-order chi connectivity index (χ0) is 12.6. The van der Waals surface area contributed by atoms with E-state index in [1.54, 1.807) is 7.05 Å². The first-order chi connectivity index (χ1) is 7.51. The molecule has 0 saturated carbocycles. The number of carboxylic acid groups (broad SMARTS) is 1. The topological polar surface area (TPSA) is 92.9 Å². The number of carbonyl (C=O) groups excluding carboxylic acids is 1. The molecule has 0 aliphatic heterocycles. The summed E-state index contributed by atoms with van der Waals surface area (Å²) in [6.07, 6.45) is 0.491. The summed E-state index contributed by atoms with van der Waals surface area (Å²) >= 11 is 0. The first-order valence-corrected chi connectivity index (χ1v) is 5.19. The van der Waals surface area contributed by atoms with Crippen LogP contribution in [0, 0.1) is 0 Å². The number of methoxy groups -OCH3 is 1. The average molecular weight is 232 g/mol. The lowest BCUT2D eigenvalue weighted by atomic mass is 10.2.